The maximum atomic E-state index is 14.0. The Bertz CT molecular complexity index is 741. The highest BCUT2D eigenvalue weighted by Gasteiger charge is 2.83. The third-order valence-electron chi connectivity index (χ3n) is 3.59. The van der Waals surface area contributed by atoms with E-state index in [1.165, 1.54) is 0 Å². The van der Waals surface area contributed by atoms with Crippen LogP contribution in [0.3, 0.4) is 0 Å². The predicted molar refractivity (Wildman–Crippen MR) is 80.4 cm³/mol. The zero-order valence-electron chi connectivity index (χ0n) is 14.3. The van der Waals surface area contributed by atoms with E-state index in [-0.39, 0.29) is 17.1 Å². The van der Waals surface area contributed by atoms with Crippen LogP contribution in [-0.4, -0.2) is 68.0 Å². The molecule has 0 aromatic heterocycles. The van der Waals surface area contributed by atoms with E-state index in [0.717, 1.165) is 13.8 Å². The van der Waals surface area contributed by atoms with Crippen molar-refractivity contribution in [2.24, 2.45) is 0 Å². The van der Waals surface area contributed by atoms with Crippen molar-refractivity contribution in [3.8, 4) is 0 Å². The van der Waals surface area contributed by atoms with Crippen LogP contribution in [0.15, 0.2) is 0 Å². The Balaban J connectivity index is 3.31. The first-order valence-corrected chi connectivity index (χ1v) is 10.4. The fraction of sp³-hybridized carbons (Fsp3) is 1.00. The molecule has 0 aliphatic carbocycles. The molecule has 0 amide bonds. The zero-order valence-corrected chi connectivity index (χ0v) is 15.9. The van der Waals surface area contributed by atoms with Gasteiger partial charge in [0, 0.05) is 13.1 Å². The molecular formula is C12H19F6NO6S2. The summed E-state index contributed by atoms with van der Waals surface area (Å²) >= 11 is 0. The van der Waals surface area contributed by atoms with Crippen molar-refractivity contribution in [1.29, 1.82) is 0 Å². The molecule has 0 radical (unpaired) electrons. The molecule has 1 rings (SSSR count). The molecule has 27 heavy (non-hydrogen) atoms. The van der Waals surface area contributed by atoms with E-state index >= 15 is 0 Å². The molecule has 1 N–H and O–H groups in total. The Morgan fingerprint density at radius 2 is 1.33 bits per heavy atom. The van der Waals surface area contributed by atoms with Crippen LogP contribution in [0.1, 0.15) is 33.1 Å². The Kier molecular flexibility index (Phi) is 6.61. The Labute approximate surface area is 152 Å². The zero-order chi connectivity index (χ0) is 21.5. The Morgan fingerprint density at radius 1 is 0.889 bits per heavy atom. The Morgan fingerprint density at radius 3 is 1.74 bits per heavy atom. The van der Waals surface area contributed by atoms with E-state index in [2.05, 4.69) is 4.18 Å². The second kappa shape index (κ2) is 7.31. The molecule has 1 fully saturated rings. The van der Waals surface area contributed by atoms with Gasteiger partial charge in [-0.2, -0.15) is 39.1 Å². The number of nitrogens with zero attached hydrogens (tertiary/aromatic N) is 1. The maximum Gasteiger partial charge on any atom is 0.439 e. The summed E-state index contributed by atoms with van der Waals surface area (Å²) in [5, 5.41) is -3.80. The summed E-state index contributed by atoms with van der Waals surface area (Å²) in [4.78, 5) is 0. The largest absolute Gasteiger partial charge is 0.439 e. The second-order valence-corrected chi connectivity index (χ2v) is 10.2. The molecule has 0 spiro atoms. The summed E-state index contributed by atoms with van der Waals surface area (Å²) in [5.74, 6) is -6.85. The van der Waals surface area contributed by atoms with Crippen molar-refractivity contribution in [2.45, 2.75) is 55.1 Å². The number of piperidine rings is 1. The van der Waals surface area contributed by atoms with E-state index < -0.39 is 61.9 Å². The molecular weight excluding hydrogens is 432 g/mol. The lowest BCUT2D eigenvalue weighted by atomic mass is 10.2. The molecule has 7 nitrogen and oxygen atoms in total. The van der Waals surface area contributed by atoms with Gasteiger partial charge in [0.25, 0.3) is 10.0 Å². The first-order chi connectivity index (χ1) is 11.8. The molecule has 1 saturated heterocycles. The Hall–Kier alpha value is -0.640. The molecule has 1 heterocycles. The van der Waals surface area contributed by atoms with Crippen molar-refractivity contribution in [2.75, 3.05) is 19.7 Å². The average Bonchev–Trinajstić information content (AvgIpc) is 2.52. The molecule has 162 valence electrons. The van der Waals surface area contributed by atoms with Gasteiger partial charge in [-0.05, 0) is 26.7 Å². The third-order valence-corrected chi connectivity index (χ3v) is 6.85. The van der Waals surface area contributed by atoms with Gasteiger partial charge in [-0.3, -0.25) is 4.18 Å². The minimum atomic E-state index is -6.85. The number of sulfonamides is 1. The highest BCUT2D eigenvalue weighted by molar-refractivity contribution is 7.90. The third kappa shape index (κ3) is 4.36. The van der Waals surface area contributed by atoms with Crippen molar-refractivity contribution in [3.05, 3.63) is 0 Å². The summed E-state index contributed by atoms with van der Waals surface area (Å²) in [6.07, 6.45) is 0.512. The SMILES string of the molecule is CC(C)(O)COS(=O)(=O)C(F)(F)C(F)(F)C(F)(F)S(=O)(=O)N1CCCCC1. The van der Waals surface area contributed by atoms with E-state index in [9.17, 15) is 48.3 Å². The van der Waals surface area contributed by atoms with Gasteiger partial charge in [-0.1, -0.05) is 6.42 Å². The number of hydrogen-bond acceptors (Lipinski definition) is 6. The van der Waals surface area contributed by atoms with Gasteiger partial charge in [0.1, 0.15) is 0 Å². The van der Waals surface area contributed by atoms with E-state index in [1.54, 1.807) is 0 Å². The van der Waals surface area contributed by atoms with Crippen molar-refractivity contribution in [3.63, 3.8) is 0 Å². The highest BCUT2D eigenvalue weighted by Crippen LogP contribution is 2.52. The average molecular weight is 451 g/mol. The normalized spacial score (nSPS) is 19.3. The molecule has 1 aliphatic rings. The topological polar surface area (TPSA) is 101 Å². The smallest absolute Gasteiger partial charge is 0.388 e. The first-order valence-electron chi connectivity index (χ1n) is 7.56. The quantitative estimate of drug-likeness (QED) is 0.446. The molecule has 0 atom stereocenters. The van der Waals surface area contributed by atoms with Crippen LogP contribution in [-0.2, 0) is 24.3 Å². The number of hydrogen-bond donors (Lipinski definition) is 1. The molecule has 1 aliphatic heterocycles. The van der Waals surface area contributed by atoms with E-state index in [4.69, 9.17) is 0 Å². The van der Waals surface area contributed by atoms with Crippen LogP contribution in [0.5, 0.6) is 0 Å². The van der Waals surface area contributed by atoms with Crippen LogP contribution in [0.4, 0.5) is 26.3 Å². The molecule has 0 saturated carbocycles. The molecule has 0 unspecified atom stereocenters. The summed E-state index contributed by atoms with van der Waals surface area (Å²) in [6, 6.07) is 0. The lowest BCUT2D eigenvalue weighted by Crippen LogP contribution is -2.63. The maximum absolute atomic E-state index is 14.0. The monoisotopic (exact) mass is 451 g/mol. The van der Waals surface area contributed by atoms with Gasteiger partial charge >= 0.3 is 26.5 Å². The first kappa shape index (κ1) is 24.4. The number of aliphatic hydroxyl groups is 1. The summed E-state index contributed by atoms with van der Waals surface area (Å²) < 4.78 is 134. The van der Waals surface area contributed by atoms with E-state index in [1.807, 2.05) is 0 Å². The van der Waals surface area contributed by atoms with Gasteiger partial charge < -0.3 is 5.11 Å². The van der Waals surface area contributed by atoms with Crippen LogP contribution in [0.2, 0.25) is 0 Å². The van der Waals surface area contributed by atoms with Crippen LogP contribution >= 0.6 is 0 Å². The van der Waals surface area contributed by atoms with Crippen LogP contribution in [0, 0.1) is 0 Å². The highest BCUT2D eigenvalue weighted by atomic mass is 32.2. The summed E-state index contributed by atoms with van der Waals surface area (Å²) in [7, 11) is -13.0. The van der Waals surface area contributed by atoms with Gasteiger partial charge in [0.15, 0.2) is 0 Å². The molecule has 15 heteroatoms. The lowest BCUT2D eigenvalue weighted by Gasteiger charge is -2.35. The van der Waals surface area contributed by atoms with Crippen LogP contribution in [0.25, 0.3) is 0 Å². The number of alkyl halides is 6. The summed E-state index contributed by atoms with van der Waals surface area (Å²) in [6.45, 7) is -0.906. The fourth-order valence-electron chi connectivity index (χ4n) is 2.05. The molecule has 0 aromatic carbocycles. The van der Waals surface area contributed by atoms with Crippen molar-refractivity contribution < 1.29 is 52.5 Å². The summed E-state index contributed by atoms with van der Waals surface area (Å²) in [5.41, 5.74) is -2.08. The lowest BCUT2D eigenvalue weighted by molar-refractivity contribution is -0.247. The fourth-order valence-corrected chi connectivity index (χ4v) is 4.67. The second-order valence-electron chi connectivity index (χ2n) is 6.60. The van der Waals surface area contributed by atoms with Gasteiger partial charge in [0.05, 0.1) is 12.2 Å². The minimum Gasteiger partial charge on any atom is -0.388 e. The van der Waals surface area contributed by atoms with Gasteiger partial charge in [-0.15, -0.1) is 0 Å². The van der Waals surface area contributed by atoms with Crippen molar-refractivity contribution >= 4 is 20.1 Å². The standard InChI is InChI=1S/C12H19F6NO6S2/c1-9(2,20)8-25-27(23,24)12(17,18)10(13,14)11(15,16)26(21,22)19-6-4-3-5-7-19/h20H,3-8H2,1-2H3. The number of rotatable bonds is 8. The number of halogens is 6. The van der Waals surface area contributed by atoms with Crippen LogP contribution < -0.4 is 0 Å². The van der Waals surface area contributed by atoms with Crippen molar-refractivity contribution in [1.82, 2.24) is 4.31 Å². The van der Waals surface area contributed by atoms with Gasteiger partial charge in [0.2, 0.25) is 0 Å². The van der Waals surface area contributed by atoms with E-state index in [0.29, 0.717) is 6.42 Å². The minimum absolute atomic E-state index is 0.0459. The van der Waals surface area contributed by atoms with Gasteiger partial charge in [-0.25, -0.2) is 8.42 Å². The molecule has 0 aromatic rings. The predicted octanol–water partition coefficient (Wildman–Crippen LogP) is 1.74. The molecule has 0 bridgehead atoms.